The molecule has 122 valence electrons. The molecule has 1 aromatic heterocycles. The highest BCUT2D eigenvalue weighted by Crippen LogP contribution is 2.35. The van der Waals surface area contributed by atoms with E-state index >= 15 is 0 Å². The Balaban J connectivity index is 2.21. The highest BCUT2D eigenvalue weighted by molar-refractivity contribution is 7.92. The number of fused-ring (bicyclic) bond motifs is 1. The van der Waals surface area contributed by atoms with E-state index in [1.807, 2.05) is 12.1 Å². The zero-order valence-electron chi connectivity index (χ0n) is 13.6. The standard InChI is InChI=1S/C17H21N3O2S/c1-11-6-4-7-13(12(11)2)17-14-8-5-9-18-15(14)10-16(19-17)20-23(3,21)22/h4,6-7,10,18H,5,8-9H2,1-3H3,(H,19,20). The van der Waals surface area contributed by atoms with Crippen LogP contribution in [0.25, 0.3) is 11.3 Å². The molecule has 1 aromatic carbocycles. The lowest BCUT2D eigenvalue weighted by Crippen LogP contribution is -2.17. The molecule has 3 rings (SSSR count). The topological polar surface area (TPSA) is 71.1 Å². The normalized spacial score (nSPS) is 14.0. The quantitative estimate of drug-likeness (QED) is 0.906. The van der Waals surface area contributed by atoms with Gasteiger partial charge in [-0.2, -0.15) is 0 Å². The Morgan fingerprint density at radius 1 is 1.26 bits per heavy atom. The molecule has 2 N–H and O–H groups in total. The van der Waals surface area contributed by atoms with Crippen LogP contribution in [0.15, 0.2) is 24.3 Å². The third-order valence-corrected chi connectivity index (χ3v) is 4.77. The van der Waals surface area contributed by atoms with E-state index in [-0.39, 0.29) is 0 Å². The zero-order chi connectivity index (χ0) is 16.6. The lowest BCUT2D eigenvalue weighted by molar-refractivity contribution is 0.606. The fourth-order valence-electron chi connectivity index (χ4n) is 2.94. The van der Waals surface area contributed by atoms with E-state index in [2.05, 4.69) is 34.9 Å². The van der Waals surface area contributed by atoms with Crippen LogP contribution in [0.1, 0.15) is 23.1 Å². The van der Waals surface area contributed by atoms with Gasteiger partial charge in [-0.05, 0) is 37.8 Å². The maximum Gasteiger partial charge on any atom is 0.230 e. The molecule has 0 saturated carbocycles. The predicted octanol–water partition coefficient (Wildman–Crippen LogP) is 3.10. The molecule has 0 unspecified atom stereocenters. The van der Waals surface area contributed by atoms with Gasteiger partial charge >= 0.3 is 0 Å². The van der Waals surface area contributed by atoms with Gasteiger partial charge in [-0.1, -0.05) is 18.2 Å². The number of rotatable bonds is 3. The second-order valence-electron chi connectivity index (χ2n) is 6.03. The summed E-state index contributed by atoms with van der Waals surface area (Å²) < 4.78 is 25.6. The number of sulfonamides is 1. The van der Waals surface area contributed by atoms with E-state index in [1.54, 1.807) is 6.07 Å². The fraction of sp³-hybridized carbons (Fsp3) is 0.353. The van der Waals surface area contributed by atoms with Gasteiger partial charge in [0.1, 0.15) is 5.82 Å². The second-order valence-corrected chi connectivity index (χ2v) is 7.78. The minimum Gasteiger partial charge on any atom is -0.385 e. The third-order valence-electron chi connectivity index (χ3n) is 4.19. The second kappa shape index (κ2) is 5.85. The molecular formula is C17H21N3O2S. The third kappa shape index (κ3) is 3.32. The van der Waals surface area contributed by atoms with Gasteiger partial charge in [0.05, 0.1) is 11.9 Å². The largest absolute Gasteiger partial charge is 0.385 e. The number of pyridine rings is 1. The summed E-state index contributed by atoms with van der Waals surface area (Å²) in [6, 6.07) is 7.91. The number of aryl methyl sites for hydroxylation is 1. The highest BCUT2D eigenvalue weighted by atomic mass is 32.2. The van der Waals surface area contributed by atoms with Crippen LogP contribution < -0.4 is 10.0 Å². The van der Waals surface area contributed by atoms with Crippen LogP contribution in [0.5, 0.6) is 0 Å². The minimum absolute atomic E-state index is 0.358. The van der Waals surface area contributed by atoms with Crippen molar-refractivity contribution in [3.63, 3.8) is 0 Å². The molecule has 1 aliphatic heterocycles. The van der Waals surface area contributed by atoms with Crippen molar-refractivity contribution in [2.75, 3.05) is 22.8 Å². The van der Waals surface area contributed by atoms with Crippen LogP contribution >= 0.6 is 0 Å². The van der Waals surface area contributed by atoms with Crippen molar-refractivity contribution in [1.29, 1.82) is 0 Å². The Morgan fingerprint density at radius 3 is 2.78 bits per heavy atom. The Bertz CT molecular complexity index is 860. The van der Waals surface area contributed by atoms with Crippen molar-refractivity contribution in [3.05, 3.63) is 41.0 Å². The Hall–Kier alpha value is -2.08. The summed E-state index contributed by atoms with van der Waals surface area (Å²) in [5, 5.41) is 3.36. The van der Waals surface area contributed by atoms with Crippen molar-refractivity contribution < 1.29 is 8.42 Å². The van der Waals surface area contributed by atoms with Crippen molar-refractivity contribution in [1.82, 2.24) is 4.98 Å². The van der Waals surface area contributed by atoms with Crippen LogP contribution in [0, 0.1) is 13.8 Å². The molecule has 0 bridgehead atoms. The van der Waals surface area contributed by atoms with Crippen LogP contribution in [-0.4, -0.2) is 26.2 Å². The maximum atomic E-state index is 11.6. The number of benzene rings is 1. The number of hydrogen-bond donors (Lipinski definition) is 2. The molecule has 0 spiro atoms. The maximum absolute atomic E-state index is 11.6. The van der Waals surface area contributed by atoms with E-state index < -0.39 is 10.0 Å². The molecule has 5 nitrogen and oxygen atoms in total. The van der Waals surface area contributed by atoms with Crippen molar-refractivity contribution in [2.24, 2.45) is 0 Å². The molecule has 0 fully saturated rings. The number of nitrogens with zero attached hydrogens (tertiary/aromatic N) is 1. The van der Waals surface area contributed by atoms with Gasteiger partial charge in [0.15, 0.2) is 0 Å². The molecule has 0 saturated heterocycles. The number of nitrogens with one attached hydrogen (secondary N) is 2. The molecule has 0 radical (unpaired) electrons. The summed E-state index contributed by atoms with van der Waals surface area (Å²) >= 11 is 0. The first kappa shape index (κ1) is 15.8. The average molecular weight is 331 g/mol. The Labute approximate surface area is 137 Å². The van der Waals surface area contributed by atoms with Gasteiger partial charge < -0.3 is 5.32 Å². The van der Waals surface area contributed by atoms with Crippen LogP contribution in [0.4, 0.5) is 11.5 Å². The summed E-state index contributed by atoms with van der Waals surface area (Å²) in [6.07, 6.45) is 3.13. The van der Waals surface area contributed by atoms with E-state index in [1.165, 1.54) is 11.1 Å². The molecule has 1 aliphatic rings. The molecule has 0 aliphatic carbocycles. The van der Waals surface area contributed by atoms with E-state index in [4.69, 9.17) is 0 Å². The highest BCUT2D eigenvalue weighted by Gasteiger charge is 2.19. The fourth-order valence-corrected chi connectivity index (χ4v) is 3.43. The summed E-state index contributed by atoms with van der Waals surface area (Å²) in [7, 11) is -3.36. The molecule has 23 heavy (non-hydrogen) atoms. The Morgan fingerprint density at radius 2 is 2.04 bits per heavy atom. The molecule has 6 heteroatoms. The predicted molar refractivity (Wildman–Crippen MR) is 94.4 cm³/mol. The van der Waals surface area contributed by atoms with Gasteiger partial charge in [-0.25, -0.2) is 13.4 Å². The van der Waals surface area contributed by atoms with Crippen molar-refractivity contribution in [2.45, 2.75) is 26.7 Å². The van der Waals surface area contributed by atoms with Crippen molar-refractivity contribution in [3.8, 4) is 11.3 Å². The summed E-state index contributed by atoms with van der Waals surface area (Å²) in [4.78, 5) is 4.61. The molecular weight excluding hydrogens is 310 g/mol. The molecule has 0 amide bonds. The van der Waals surface area contributed by atoms with E-state index in [9.17, 15) is 8.42 Å². The van der Waals surface area contributed by atoms with Gasteiger partial charge in [0, 0.05) is 29.4 Å². The van der Waals surface area contributed by atoms with Crippen LogP contribution in [-0.2, 0) is 16.4 Å². The number of hydrogen-bond acceptors (Lipinski definition) is 4. The van der Waals surface area contributed by atoms with E-state index in [0.717, 1.165) is 48.2 Å². The Kier molecular flexibility index (Phi) is 4.02. The lowest BCUT2D eigenvalue weighted by Gasteiger charge is -2.23. The SMILES string of the molecule is Cc1cccc(-c2nc(NS(C)(=O)=O)cc3c2CCCN3)c1C. The number of aromatic nitrogens is 1. The van der Waals surface area contributed by atoms with Crippen molar-refractivity contribution >= 4 is 21.5 Å². The first-order chi connectivity index (χ1) is 10.8. The van der Waals surface area contributed by atoms with Gasteiger partial charge in [-0.15, -0.1) is 0 Å². The van der Waals surface area contributed by atoms with Gasteiger partial charge in [-0.3, -0.25) is 4.72 Å². The van der Waals surface area contributed by atoms with Crippen LogP contribution in [0.2, 0.25) is 0 Å². The van der Waals surface area contributed by atoms with Crippen LogP contribution in [0.3, 0.4) is 0 Å². The summed E-state index contributed by atoms with van der Waals surface area (Å²) in [5.41, 5.74) is 6.41. The lowest BCUT2D eigenvalue weighted by atomic mass is 9.93. The molecule has 2 heterocycles. The number of anilines is 2. The summed E-state index contributed by atoms with van der Waals surface area (Å²) in [6.45, 7) is 5.04. The molecule has 0 atom stereocenters. The van der Waals surface area contributed by atoms with Gasteiger partial charge in [0.25, 0.3) is 0 Å². The van der Waals surface area contributed by atoms with E-state index in [0.29, 0.717) is 5.82 Å². The average Bonchev–Trinajstić information content (AvgIpc) is 2.48. The minimum atomic E-state index is -3.36. The smallest absolute Gasteiger partial charge is 0.230 e. The first-order valence-electron chi connectivity index (χ1n) is 7.67. The zero-order valence-corrected chi connectivity index (χ0v) is 14.4. The summed E-state index contributed by atoms with van der Waals surface area (Å²) in [5.74, 6) is 0.358. The molecule has 2 aromatic rings. The monoisotopic (exact) mass is 331 g/mol. The van der Waals surface area contributed by atoms with Gasteiger partial charge in [0.2, 0.25) is 10.0 Å². The first-order valence-corrected chi connectivity index (χ1v) is 9.56.